The first kappa shape index (κ1) is 19.5. The molecule has 7 heteroatoms. The van der Waals surface area contributed by atoms with Gasteiger partial charge in [-0.2, -0.15) is 0 Å². The third-order valence-electron chi connectivity index (χ3n) is 4.03. The highest BCUT2D eigenvalue weighted by molar-refractivity contribution is 6.34. The van der Waals surface area contributed by atoms with Crippen molar-refractivity contribution in [3.63, 3.8) is 0 Å². The lowest BCUT2D eigenvalue weighted by Crippen LogP contribution is -2.17. The summed E-state index contributed by atoms with van der Waals surface area (Å²) in [5.41, 5.74) is 3.17. The largest absolute Gasteiger partial charge is 0.322 e. The number of hydrogen-bond donors (Lipinski definition) is 2. The molecule has 0 aliphatic heterocycles. The number of anilines is 2. The van der Waals surface area contributed by atoms with Crippen LogP contribution in [0.5, 0.6) is 0 Å². The van der Waals surface area contributed by atoms with Crippen LogP contribution < -0.4 is 10.6 Å². The van der Waals surface area contributed by atoms with Crippen LogP contribution in [0.3, 0.4) is 0 Å². The van der Waals surface area contributed by atoms with E-state index in [9.17, 15) is 14.0 Å². The molecule has 3 aromatic rings. The van der Waals surface area contributed by atoms with Gasteiger partial charge in [0.05, 0.1) is 21.8 Å². The second-order valence-corrected chi connectivity index (χ2v) is 6.72. The van der Waals surface area contributed by atoms with Crippen molar-refractivity contribution in [2.75, 3.05) is 10.6 Å². The summed E-state index contributed by atoms with van der Waals surface area (Å²) in [7, 11) is 0. The topological polar surface area (TPSA) is 71.1 Å². The molecule has 0 radical (unpaired) electrons. The minimum atomic E-state index is -0.460. The molecule has 2 aromatic carbocycles. The van der Waals surface area contributed by atoms with E-state index < -0.39 is 17.6 Å². The zero-order chi connectivity index (χ0) is 20.3. The van der Waals surface area contributed by atoms with Gasteiger partial charge >= 0.3 is 0 Å². The van der Waals surface area contributed by atoms with Crippen molar-refractivity contribution in [3.8, 4) is 0 Å². The molecule has 0 spiro atoms. The molecule has 0 aliphatic carbocycles. The lowest BCUT2D eigenvalue weighted by molar-refractivity contribution is 0.102. The quantitative estimate of drug-likeness (QED) is 0.651. The Hall–Kier alpha value is -3.25. The summed E-state index contributed by atoms with van der Waals surface area (Å²) in [4.78, 5) is 28.9. The highest BCUT2D eigenvalue weighted by atomic mass is 35.5. The fourth-order valence-electron chi connectivity index (χ4n) is 2.68. The van der Waals surface area contributed by atoms with Crippen LogP contribution in [0.2, 0.25) is 5.02 Å². The first-order chi connectivity index (χ1) is 13.3. The van der Waals surface area contributed by atoms with Crippen LogP contribution in [0.4, 0.5) is 15.8 Å². The van der Waals surface area contributed by atoms with Crippen LogP contribution in [0.1, 0.15) is 31.8 Å². The maximum atomic E-state index is 13.0. The summed E-state index contributed by atoms with van der Waals surface area (Å²) in [6, 6.07) is 10.5. The van der Waals surface area contributed by atoms with Crippen molar-refractivity contribution in [3.05, 3.63) is 88.0 Å². The second-order valence-electron chi connectivity index (χ2n) is 6.32. The summed E-state index contributed by atoms with van der Waals surface area (Å²) in [6.07, 6.45) is 2.71. The highest BCUT2D eigenvalue weighted by Crippen LogP contribution is 2.27. The van der Waals surface area contributed by atoms with Gasteiger partial charge in [-0.15, -0.1) is 0 Å². The van der Waals surface area contributed by atoms with E-state index in [4.69, 9.17) is 11.6 Å². The second kappa shape index (κ2) is 8.19. The monoisotopic (exact) mass is 397 g/mol. The first-order valence-electron chi connectivity index (χ1n) is 8.43. The number of carbonyl (C=O) groups is 2. The first-order valence-corrected chi connectivity index (χ1v) is 8.81. The Morgan fingerprint density at radius 3 is 2.14 bits per heavy atom. The molecule has 0 bridgehead atoms. The van der Waals surface area contributed by atoms with Gasteiger partial charge in [0.2, 0.25) is 0 Å². The van der Waals surface area contributed by atoms with Crippen molar-refractivity contribution >= 4 is 34.8 Å². The Morgan fingerprint density at radius 1 is 0.929 bits per heavy atom. The van der Waals surface area contributed by atoms with E-state index in [0.717, 1.165) is 11.1 Å². The summed E-state index contributed by atoms with van der Waals surface area (Å²) < 4.78 is 13.0. The smallest absolute Gasteiger partial charge is 0.257 e. The van der Waals surface area contributed by atoms with Crippen LogP contribution >= 0.6 is 11.6 Å². The van der Waals surface area contributed by atoms with E-state index in [-0.39, 0.29) is 11.1 Å². The normalized spacial score (nSPS) is 10.4. The molecule has 0 unspecified atom stereocenters. The number of aryl methyl sites for hydroxylation is 2. The van der Waals surface area contributed by atoms with Crippen molar-refractivity contribution in [2.45, 2.75) is 13.8 Å². The Morgan fingerprint density at radius 2 is 1.54 bits per heavy atom. The molecular formula is C21H17ClFN3O2. The van der Waals surface area contributed by atoms with Gasteiger partial charge in [0.25, 0.3) is 11.8 Å². The molecule has 2 amide bonds. The maximum absolute atomic E-state index is 13.0. The number of aromatic nitrogens is 1. The Bertz CT molecular complexity index is 1030. The third kappa shape index (κ3) is 4.53. The van der Waals surface area contributed by atoms with Crippen molar-refractivity contribution < 1.29 is 14.0 Å². The van der Waals surface area contributed by atoms with Gasteiger partial charge in [-0.05, 0) is 61.4 Å². The zero-order valence-corrected chi connectivity index (χ0v) is 16.0. The molecule has 2 N–H and O–H groups in total. The minimum Gasteiger partial charge on any atom is -0.322 e. The number of hydrogen-bond acceptors (Lipinski definition) is 3. The molecule has 0 aliphatic rings. The summed E-state index contributed by atoms with van der Waals surface area (Å²) >= 11 is 6.23. The van der Waals surface area contributed by atoms with E-state index in [2.05, 4.69) is 15.6 Å². The number of amides is 2. The van der Waals surface area contributed by atoms with Crippen LogP contribution in [-0.2, 0) is 0 Å². The Kier molecular flexibility index (Phi) is 5.70. The molecule has 0 fully saturated rings. The molecular weight excluding hydrogens is 381 g/mol. The molecule has 28 heavy (non-hydrogen) atoms. The zero-order valence-electron chi connectivity index (χ0n) is 15.2. The third-order valence-corrected chi connectivity index (χ3v) is 4.33. The highest BCUT2D eigenvalue weighted by Gasteiger charge is 2.14. The average molecular weight is 398 g/mol. The van der Waals surface area contributed by atoms with Gasteiger partial charge in [-0.1, -0.05) is 17.7 Å². The van der Waals surface area contributed by atoms with Crippen LogP contribution in [0.25, 0.3) is 0 Å². The number of benzene rings is 2. The number of nitrogens with zero attached hydrogens (tertiary/aromatic N) is 1. The summed E-state index contributed by atoms with van der Waals surface area (Å²) in [5, 5.41) is 5.82. The van der Waals surface area contributed by atoms with Crippen LogP contribution in [0.15, 0.2) is 54.9 Å². The number of nitrogens with one attached hydrogen (secondary N) is 2. The van der Waals surface area contributed by atoms with Crippen LogP contribution in [0, 0.1) is 19.7 Å². The SMILES string of the molecule is Cc1cc(C)c(NC(=O)c2cncc(C(=O)Nc3ccc(F)cc3)c2)c(Cl)c1. The number of halogens is 2. The molecule has 0 saturated carbocycles. The Balaban J connectivity index is 1.78. The molecule has 0 saturated heterocycles. The molecule has 1 aromatic heterocycles. The molecule has 3 rings (SSSR count). The molecule has 5 nitrogen and oxygen atoms in total. The number of pyridine rings is 1. The average Bonchev–Trinajstić information content (AvgIpc) is 2.66. The predicted octanol–water partition coefficient (Wildman–Crippen LogP) is 5.00. The predicted molar refractivity (Wildman–Crippen MR) is 107 cm³/mol. The van der Waals surface area contributed by atoms with Crippen molar-refractivity contribution in [1.29, 1.82) is 0 Å². The Labute approximate surface area is 166 Å². The molecule has 0 atom stereocenters. The van der Waals surface area contributed by atoms with Crippen molar-refractivity contribution in [2.24, 2.45) is 0 Å². The van der Waals surface area contributed by atoms with Crippen molar-refractivity contribution in [1.82, 2.24) is 4.98 Å². The summed E-state index contributed by atoms with van der Waals surface area (Å²) in [6.45, 7) is 3.76. The van der Waals surface area contributed by atoms with Gasteiger partial charge in [0, 0.05) is 18.1 Å². The molecule has 1 heterocycles. The fourth-order valence-corrected chi connectivity index (χ4v) is 3.05. The number of carbonyl (C=O) groups excluding carboxylic acids is 2. The van der Waals surface area contributed by atoms with Gasteiger partial charge in [0.1, 0.15) is 5.82 Å². The van der Waals surface area contributed by atoms with Gasteiger partial charge in [-0.25, -0.2) is 4.39 Å². The lowest BCUT2D eigenvalue weighted by Gasteiger charge is -2.12. The number of rotatable bonds is 4. The summed E-state index contributed by atoms with van der Waals surface area (Å²) in [5.74, 6) is -1.29. The lowest BCUT2D eigenvalue weighted by atomic mass is 10.1. The standard InChI is InChI=1S/C21H17ClFN3O2/c1-12-7-13(2)19(18(22)8-12)26-21(28)15-9-14(10-24-11-15)20(27)25-17-5-3-16(23)4-6-17/h3-11H,1-2H3,(H,25,27)(H,26,28). The maximum Gasteiger partial charge on any atom is 0.257 e. The van der Waals surface area contributed by atoms with Gasteiger partial charge in [-0.3, -0.25) is 14.6 Å². The molecule has 142 valence electrons. The van der Waals surface area contributed by atoms with E-state index >= 15 is 0 Å². The van der Waals surface area contributed by atoms with Gasteiger partial charge in [0.15, 0.2) is 0 Å². The van der Waals surface area contributed by atoms with E-state index in [0.29, 0.717) is 16.4 Å². The minimum absolute atomic E-state index is 0.198. The van der Waals surface area contributed by atoms with Crippen LogP contribution in [-0.4, -0.2) is 16.8 Å². The van der Waals surface area contributed by atoms with E-state index in [1.807, 2.05) is 19.9 Å². The van der Waals surface area contributed by atoms with E-state index in [1.54, 1.807) is 6.07 Å². The van der Waals surface area contributed by atoms with Gasteiger partial charge < -0.3 is 10.6 Å². The fraction of sp³-hybridized carbons (Fsp3) is 0.0952. The van der Waals surface area contributed by atoms with E-state index in [1.165, 1.54) is 42.7 Å².